The average molecular weight is 186 g/mol. The minimum Gasteiger partial charge on any atom is -0.337 e. The lowest BCUT2D eigenvalue weighted by atomic mass is 10.1. The van der Waals surface area contributed by atoms with Crippen molar-refractivity contribution in [1.82, 2.24) is 16.0 Å². The molecule has 1 rings (SSSR count). The second kappa shape index (κ2) is 5.77. The fraction of sp³-hybridized carbons (Fsp3) is 0.875. The molecule has 76 valence electrons. The van der Waals surface area contributed by atoms with Crippen molar-refractivity contribution in [2.75, 3.05) is 26.2 Å². The third-order valence-electron chi connectivity index (χ3n) is 2.06. The molecule has 1 fully saturated rings. The first-order chi connectivity index (χ1) is 6.33. The van der Waals surface area contributed by atoms with Gasteiger partial charge in [-0.2, -0.15) is 0 Å². The molecular weight excluding hydrogens is 168 g/mol. The summed E-state index contributed by atoms with van der Waals surface area (Å²) in [5.74, 6) is 0. The lowest BCUT2D eigenvalue weighted by Gasteiger charge is -2.23. The van der Waals surface area contributed by atoms with Crippen LogP contribution in [0.3, 0.4) is 0 Å². The summed E-state index contributed by atoms with van der Waals surface area (Å²) in [5.41, 5.74) is 5.26. The molecule has 5 heteroatoms. The van der Waals surface area contributed by atoms with Crippen LogP contribution in [0.4, 0.5) is 4.79 Å². The Morgan fingerprint density at radius 2 is 2.46 bits per heavy atom. The van der Waals surface area contributed by atoms with Gasteiger partial charge in [-0.25, -0.2) is 4.79 Å². The molecule has 2 amide bonds. The highest BCUT2D eigenvalue weighted by atomic mass is 16.2. The van der Waals surface area contributed by atoms with Crippen LogP contribution in [0.25, 0.3) is 0 Å². The molecular formula is C8H18N4O. The van der Waals surface area contributed by atoms with E-state index in [4.69, 9.17) is 5.73 Å². The van der Waals surface area contributed by atoms with Gasteiger partial charge in [-0.05, 0) is 19.4 Å². The first-order valence-corrected chi connectivity index (χ1v) is 4.78. The molecule has 0 radical (unpaired) electrons. The van der Waals surface area contributed by atoms with Gasteiger partial charge in [0.1, 0.15) is 0 Å². The molecule has 13 heavy (non-hydrogen) atoms. The maximum atomic E-state index is 11.2. The lowest BCUT2D eigenvalue weighted by Crippen LogP contribution is -2.49. The van der Waals surface area contributed by atoms with Gasteiger partial charge >= 0.3 is 6.03 Å². The summed E-state index contributed by atoms with van der Waals surface area (Å²) in [6.45, 7) is 2.95. The molecule has 0 aromatic heterocycles. The fourth-order valence-electron chi connectivity index (χ4n) is 1.40. The summed E-state index contributed by atoms with van der Waals surface area (Å²) in [5, 5.41) is 8.79. The molecule has 1 aliphatic rings. The Balaban J connectivity index is 2.11. The SMILES string of the molecule is NCCNC(=O)NC1CCCNC1. The van der Waals surface area contributed by atoms with Gasteiger partial charge in [0.25, 0.3) is 0 Å². The molecule has 0 bridgehead atoms. The monoisotopic (exact) mass is 186 g/mol. The number of rotatable bonds is 3. The van der Waals surface area contributed by atoms with Crippen LogP contribution in [0.5, 0.6) is 0 Å². The van der Waals surface area contributed by atoms with Crippen molar-refractivity contribution in [3.05, 3.63) is 0 Å². The second-order valence-electron chi connectivity index (χ2n) is 3.23. The summed E-state index contributed by atoms with van der Waals surface area (Å²) in [7, 11) is 0. The van der Waals surface area contributed by atoms with E-state index in [0.29, 0.717) is 13.1 Å². The summed E-state index contributed by atoms with van der Waals surface area (Å²) < 4.78 is 0. The van der Waals surface area contributed by atoms with Crippen LogP contribution < -0.4 is 21.7 Å². The Hall–Kier alpha value is -0.810. The topological polar surface area (TPSA) is 79.2 Å². The number of piperidine rings is 1. The van der Waals surface area contributed by atoms with Crippen LogP contribution in [0.1, 0.15) is 12.8 Å². The maximum Gasteiger partial charge on any atom is 0.315 e. The average Bonchev–Trinajstić information content (AvgIpc) is 2.16. The largest absolute Gasteiger partial charge is 0.337 e. The van der Waals surface area contributed by atoms with Gasteiger partial charge in [0.2, 0.25) is 0 Å². The van der Waals surface area contributed by atoms with Crippen LogP contribution in [-0.2, 0) is 0 Å². The highest BCUT2D eigenvalue weighted by molar-refractivity contribution is 5.74. The van der Waals surface area contributed by atoms with E-state index < -0.39 is 0 Å². The first-order valence-electron chi connectivity index (χ1n) is 4.78. The molecule has 0 aliphatic carbocycles. The molecule has 1 aliphatic heterocycles. The number of amides is 2. The van der Waals surface area contributed by atoms with Gasteiger partial charge < -0.3 is 21.7 Å². The summed E-state index contributed by atoms with van der Waals surface area (Å²) >= 11 is 0. The number of carbonyl (C=O) groups excluding carboxylic acids is 1. The zero-order valence-electron chi connectivity index (χ0n) is 7.81. The number of carbonyl (C=O) groups is 1. The van der Waals surface area contributed by atoms with E-state index in [2.05, 4.69) is 16.0 Å². The Kier molecular flexibility index (Phi) is 4.56. The molecule has 1 heterocycles. The Labute approximate surface area is 78.4 Å². The molecule has 1 unspecified atom stereocenters. The third kappa shape index (κ3) is 4.10. The van der Waals surface area contributed by atoms with Crippen molar-refractivity contribution in [1.29, 1.82) is 0 Å². The molecule has 0 saturated carbocycles. The van der Waals surface area contributed by atoms with Crippen molar-refractivity contribution in [2.45, 2.75) is 18.9 Å². The number of nitrogens with one attached hydrogen (secondary N) is 3. The number of nitrogens with two attached hydrogens (primary N) is 1. The van der Waals surface area contributed by atoms with Crippen molar-refractivity contribution < 1.29 is 4.79 Å². The van der Waals surface area contributed by atoms with E-state index in [1.165, 1.54) is 0 Å². The van der Waals surface area contributed by atoms with E-state index >= 15 is 0 Å². The van der Waals surface area contributed by atoms with Crippen LogP contribution in [0.15, 0.2) is 0 Å². The molecule has 0 aromatic rings. The predicted molar refractivity (Wildman–Crippen MR) is 51.5 cm³/mol. The maximum absolute atomic E-state index is 11.2. The van der Waals surface area contributed by atoms with Crippen LogP contribution in [0.2, 0.25) is 0 Å². The van der Waals surface area contributed by atoms with Crippen molar-refractivity contribution in [3.63, 3.8) is 0 Å². The molecule has 0 aromatic carbocycles. The van der Waals surface area contributed by atoms with Gasteiger partial charge in [-0.3, -0.25) is 0 Å². The standard InChI is InChI=1S/C8H18N4O/c9-3-5-11-8(13)12-7-2-1-4-10-6-7/h7,10H,1-6,9H2,(H2,11,12,13). The molecule has 1 saturated heterocycles. The van der Waals surface area contributed by atoms with Crippen molar-refractivity contribution >= 4 is 6.03 Å². The van der Waals surface area contributed by atoms with E-state index in [9.17, 15) is 4.79 Å². The number of urea groups is 1. The van der Waals surface area contributed by atoms with Gasteiger partial charge in [-0.1, -0.05) is 0 Å². The van der Waals surface area contributed by atoms with Gasteiger partial charge in [0, 0.05) is 25.7 Å². The van der Waals surface area contributed by atoms with Crippen molar-refractivity contribution in [2.24, 2.45) is 5.73 Å². The Morgan fingerprint density at radius 3 is 3.08 bits per heavy atom. The van der Waals surface area contributed by atoms with Crippen LogP contribution >= 0.6 is 0 Å². The van der Waals surface area contributed by atoms with Gasteiger partial charge in [0.05, 0.1) is 0 Å². The van der Waals surface area contributed by atoms with E-state index in [-0.39, 0.29) is 12.1 Å². The minimum absolute atomic E-state index is 0.112. The normalized spacial score (nSPS) is 22.4. The predicted octanol–water partition coefficient (Wildman–Crippen LogP) is -1.00. The Morgan fingerprint density at radius 1 is 1.62 bits per heavy atom. The van der Waals surface area contributed by atoms with Gasteiger partial charge in [0.15, 0.2) is 0 Å². The highest BCUT2D eigenvalue weighted by Gasteiger charge is 2.14. The minimum atomic E-state index is -0.112. The summed E-state index contributed by atoms with van der Waals surface area (Å²) in [4.78, 5) is 11.2. The van der Waals surface area contributed by atoms with Gasteiger partial charge in [-0.15, -0.1) is 0 Å². The smallest absolute Gasteiger partial charge is 0.315 e. The molecule has 1 atom stereocenters. The second-order valence-corrected chi connectivity index (χ2v) is 3.23. The summed E-state index contributed by atoms with van der Waals surface area (Å²) in [6, 6.07) is 0.158. The number of hydrogen-bond acceptors (Lipinski definition) is 3. The zero-order valence-corrected chi connectivity index (χ0v) is 7.81. The first kappa shape index (κ1) is 10.3. The molecule has 5 N–H and O–H groups in total. The fourth-order valence-corrected chi connectivity index (χ4v) is 1.40. The highest BCUT2D eigenvalue weighted by Crippen LogP contribution is 2.00. The van der Waals surface area contributed by atoms with E-state index in [1.807, 2.05) is 0 Å². The van der Waals surface area contributed by atoms with E-state index in [0.717, 1.165) is 25.9 Å². The van der Waals surface area contributed by atoms with Crippen LogP contribution in [0, 0.1) is 0 Å². The lowest BCUT2D eigenvalue weighted by molar-refractivity contribution is 0.234. The zero-order chi connectivity index (χ0) is 9.52. The Bertz CT molecular complexity index is 156. The van der Waals surface area contributed by atoms with Crippen LogP contribution in [-0.4, -0.2) is 38.3 Å². The number of hydrogen-bond donors (Lipinski definition) is 4. The quantitative estimate of drug-likeness (QED) is 0.456. The third-order valence-corrected chi connectivity index (χ3v) is 2.06. The molecule has 0 spiro atoms. The summed E-state index contributed by atoms with van der Waals surface area (Å²) in [6.07, 6.45) is 2.19. The van der Waals surface area contributed by atoms with Crippen molar-refractivity contribution in [3.8, 4) is 0 Å². The molecule has 5 nitrogen and oxygen atoms in total. The van der Waals surface area contributed by atoms with E-state index in [1.54, 1.807) is 0 Å².